The van der Waals surface area contributed by atoms with Gasteiger partial charge in [0.1, 0.15) is 0 Å². The summed E-state index contributed by atoms with van der Waals surface area (Å²) in [5.74, 6) is -0.216. The van der Waals surface area contributed by atoms with Crippen LogP contribution in [-0.2, 0) is 11.3 Å². The third-order valence-electron chi connectivity index (χ3n) is 4.79. The maximum atomic E-state index is 12.7. The quantitative estimate of drug-likeness (QED) is 0.441. The third-order valence-corrected chi connectivity index (χ3v) is 6.42. The molecule has 0 atom stereocenters. The van der Waals surface area contributed by atoms with Gasteiger partial charge < -0.3 is 4.90 Å². The number of carbonyl (C=O) groups excluding carboxylic acids is 2. The summed E-state index contributed by atoms with van der Waals surface area (Å²) < 4.78 is 1.13. The Morgan fingerprint density at radius 2 is 1.63 bits per heavy atom. The van der Waals surface area contributed by atoms with Crippen molar-refractivity contribution in [2.75, 3.05) is 18.0 Å². The number of halogens is 1. The van der Waals surface area contributed by atoms with Gasteiger partial charge in [0.05, 0.1) is 11.4 Å². The summed E-state index contributed by atoms with van der Waals surface area (Å²) in [4.78, 5) is 29.2. The van der Waals surface area contributed by atoms with Gasteiger partial charge in [0.25, 0.3) is 11.1 Å². The highest BCUT2D eigenvalue weighted by molar-refractivity contribution is 14.1. The first kappa shape index (κ1) is 18.6. The maximum absolute atomic E-state index is 12.7. The standard InChI is InChI=1S/C21H19IN2O2S/c22-17-7-3-16(4-8-17)14-24-20(25)19(27-21(24)26)13-15-5-9-18(10-6-15)23-11-1-2-12-23/h3-10,13H,1-2,11-12,14H2/b19-13+. The molecular weight excluding hydrogens is 471 g/mol. The Kier molecular flexibility index (Phi) is 5.54. The SMILES string of the molecule is O=C1S/C(=C/c2ccc(N3CCCC3)cc2)C(=O)N1Cc1ccc(I)cc1. The first-order valence-electron chi connectivity index (χ1n) is 8.95. The van der Waals surface area contributed by atoms with Gasteiger partial charge in [-0.3, -0.25) is 14.5 Å². The molecule has 0 N–H and O–H groups in total. The zero-order chi connectivity index (χ0) is 18.8. The molecule has 6 heteroatoms. The third kappa shape index (κ3) is 4.21. The molecule has 138 valence electrons. The van der Waals surface area contributed by atoms with Crippen molar-refractivity contribution in [1.29, 1.82) is 0 Å². The lowest BCUT2D eigenvalue weighted by Crippen LogP contribution is -2.27. The van der Waals surface area contributed by atoms with Gasteiger partial charge in [-0.1, -0.05) is 24.3 Å². The number of rotatable bonds is 4. The van der Waals surface area contributed by atoms with Gasteiger partial charge in [-0.15, -0.1) is 0 Å². The fraction of sp³-hybridized carbons (Fsp3) is 0.238. The lowest BCUT2D eigenvalue weighted by atomic mass is 10.1. The van der Waals surface area contributed by atoms with Gasteiger partial charge in [-0.05, 0) is 88.7 Å². The van der Waals surface area contributed by atoms with Crippen LogP contribution < -0.4 is 4.90 Å². The van der Waals surface area contributed by atoms with Gasteiger partial charge in [0.2, 0.25) is 0 Å². The number of thioether (sulfide) groups is 1. The molecule has 2 heterocycles. The van der Waals surface area contributed by atoms with Crippen LogP contribution in [0.1, 0.15) is 24.0 Å². The normalized spacial score (nSPS) is 18.8. The molecule has 0 unspecified atom stereocenters. The van der Waals surface area contributed by atoms with Crippen LogP contribution in [0.2, 0.25) is 0 Å². The second-order valence-electron chi connectivity index (χ2n) is 6.68. The minimum atomic E-state index is -0.216. The summed E-state index contributed by atoms with van der Waals surface area (Å²) in [6.07, 6.45) is 4.30. The maximum Gasteiger partial charge on any atom is 0.293 e. The Balaban J connectivity index is 1.48. The Labute approximate surface area is 176 Å². The van der Waals surface area contributed by atoms with E-state index in [1.807, 2.05) is 42.5 Å². The molecule has 2 aliphatic rings. The van der Waals surface area contributed by atoms with Crippen molar-refractivity contribution in [2.45, 2.75) is 19.4 Å². The van der Waals surface area contributed by atoms with Crippen LogP contribution in [0.15, 0.2) is 53.4 Å². The van der Waals surface area contributed by atoms with Crippen LogP contribution in [0, 0.1) is 3.57 Å². The van der Waals surface area contributed by atoms with E-state index >= 15 is 0 Å². The molecule has 0 spiro atoms. The molecule has 27 heavy (non-hydrogen) atoms. The predicted molar refractivity (Wildman–Crippen MR) is 119 cm³/mol. The van der Waals surface area contributed by atoms with Gasteiger partial charge in [0, 0.05) is 22.3 Å². The van der Waals surface area contributed by atoms with Crippen LogP contribution in [0.5, 0.6) is 0 Å². The Morgan fingerprint density at radius 3 is 2.30 bits per heavy atom. The van der Waals surface area contributed by atoms with E-state index in [2.05, 4.69) is 39.6 Å². The zero-order valence-electron chi connectivity index (χ0n) is 14.7. The van der Waals surface area contributed by atoms with E-state index in [0.717, 1.165) is 39.5 Å². The monoisotopic (exact) mass is 490 g/mol. The Hall–Kier alpha value is -1.80. The highest BCUT2D eigenvalue weighted by atomic mass is 127. The molecule has 2 aromatic rings. The summed E-state index contributed by atoms with van der Waals surface area (Å²) >= 11 is 3.25. The number of nitrogens with zero attached hydrogens (tertiary/aromatic N) is 2. The van der Waals surface area contributed by atoms with E-state index in [0.29, 0.717) is 11.4 Å². The number of imide groups is 1. The van der Waals surface area contributed by atoms with E-state index in [9.17, 15) is 9.59 Å². The molecule has 0 bridgehead atoms. The first-order chi connectivity index (χ1) is 13.1. The largest absolute Gasteiger partial charge is 0.372 e. The lowest BCUT2D eigenvalue weighted by Gasteiger charge is -2.17. The van der Waals surface area contributed by atoms with Crippen molar-refractivity contribution in [3.63, 3.8) is 0 Å². The molecule has 2 amide bonds. The number of hydrogen-bond acceptors (Lipinski definition) is 4. The highest BCUT2D eigenvalue weighted by Gasteiger charge is 2.34. The number of amides is 2. The van der Waals surface area contributed by atoms with Crippen molar-refractivity contribution in [3.05, 3.63) is 68.1 Å². The van der Waals surface area contributed by atoms with Crippen molar-refractivity contribution in [3.8, 4) is 0 Å². The fourth-order valence-electron chi connectivity index (χ4n) is 3.32. The van der Waals surface area contributed by atoms with E-state index < -0.39 is 0 Å². The second kappa shape index (κ2) is 8.06. The van der Waals surface area contributed by atoms with Gasteiger partial charge in [-0.2, -0.15) is 0 Å². The summed E-state index contributed by atoms with van der Waals surface area (Å²) in [7, 11) is 0. The molecule has 0 radical (unpaired) electrons. The molecule has 2 aliphatic heterocycles. The number of carbonyl (C=O) groups is 2. The van der Waals surface area contributed by atoms with Crippen molar-refractivity contribution in [2.24, 2.45) is 0 Å². The van der Waals surface area contributed by atoms with E-state index in [4.69, 9.17) is 0 Å². The highest BCUT2D eigenvalue weighted by Crippen LogP contribution is 2.33. The molecule has 0 aliphatic carbocycles. The first-order valence-corrected chi connectivity index (χ1v) is 10.8. The average molecular weight is 490 g/mol. The van der Waals surface area contributed by atoms with Crippen molar-refractivity contribution in [1.82, 2.24) is 4.90 Å². The van der Waals surface area contributed by atoms with Gasteiger partial charge in [0.15, 0.2) is 0 Å². The van der Waals surface area contributed by atoms with Crippen molar-refractivity contribution < 1.29 is 9.59 Å². The number of hydrogen-bond donors (Lipinski definition) is 0. The molecule has 4 rings (SSSR count). The molecular formula is C21H19IN2O2S. The van der Waals surface area contributed by atoms with E-state index in [1.165, 1.54) is 23.4 Å². The van der Waals surface area contributed by atoms with Gasteiger partial charge >= 0.3 is 0 Å². The summed E-state index contributed by atoms with van der Waals surface area (Å²) in [6.45, 7) is 2.53. The van der Waals surface area contributed by atoms with Crippen LogP contribution in [0.4, 0.5) is 10.5 Å². The number of anilines is 1. The number of benzene rings is 2. The second-order valence-corrected chi connectivity index (χ2v) is 8.92. The summed E-state index contributed by atoms with van der Waals surface area (Å²) in [5, 5.41) is -0.210. The molecule has 0 saturated carbocycles. The predicted octanol–water partition coefficient (Wildman–Crippen LogP) is 5.13. The summed E-state index contributed by atoms with van der Waals surface area (Å²) in [5.41, 5.74) is 3.11. The van der Waals surface area contributed by atoms with Crippen LogP contribution in [0.25, 0.3) is 6.08 Å². The average Bonchev–Trinajstić information content (AvgIpc) is 3.29. The van der Waals surface area contributed by atoms with Crippen LogP contribution in [-0.4, -0.2) is 29.1 Å². The Morgan fingerprint density at radius 1 is 0.963 bits per heavy atom. The molecule has 2 saturated heterocycles. The zero-order valence-corrected chi connectivity index (χ0v) is 17.7. The van der Waals surface area contributed by atoms with Gasteiger partial charge in [-0.25, -0.2) is 0 Å². The topological polar surface area (TPSA) is 40.6 Å². The fourth-order valence-corrected chi connectivity index (χ4v) is 4.51. The van der Waals surface area contributed by atoms with E-state index in [1.54, 1.807) is 0 Å². The van der Waals surface area contributed by atoms with Crippen molar-refractivity contribution >= 4 is 57.3 Å². The smallest absolute Gasteiger partial charge is 0.293 e. The summed E-state index contributed by atoms with van der Waals surface area (Å²) in [6, 6.07) is 16.1. The minimum Gasteiger partial charge on any atom is -0.372 e. The van der Waals surface area contributed by atoms with Crippen LogP contribution >= 0.6 is 34.4 Å². The molecule has 2 aromatic carbocycles. The molecule has 2 fully saturated rings. The van der Waals surface area contributed by atoms with Crippen LogP contribution in [0.3, 0.4) is 0 Å². The van der Waals surface area contributed by atoms with E-state index in [-0.39, 0.29) is 11.1 Å². The Bertz CT molecular complexity index is 887. The minimum absolute atomic E-state index is 0.210. The molecule has 4 nitrogen and oxygen atoms in total. The molecule has 0 aromatic heterocycles. The lowest BCUT2D eigenvalue weighted by molar-refractivity contribution is -0.123.